The number of amides is 1. The average Bonchev–Trinajstić information content (AvgIpc) is 2.83. The summed E-state index contributed by atoms with van der Waals surface area (Å²) in [6.45, 7) is 0. The lowest BCUT2D eigenvalue weighted by molar-refractivity contribution is -0.145. The van der Waals surface area contributed by atoms with Crippen LogP contribution in [0.3, 0.4) is 0 Å². The summed E-state index contributed by atoms with van der Waals surface area (Å²) in [5, 5.41) is 12.3. The van der Waals surface area contributed by atoms with Crippen LogP contribution in [-0.2, 0) is 9.59 Å². The predicted octanol–water partition coefficient (Wildman–Crippen LogP) is 3.54. The molecular weight excluding hydrogens is 334 g/mol. The van der Waals surface area contributed by atoms with Crippen LogP contribution in [-0.4, -0.2) is 17.0 Å². The summed E-state index contributed by atoms with van der Waals surface area (Å²) < 4.78 is 0.718. The maximum atomic E-state index is 12.2. The molecule has 4 nitrogen and oxygen atoms in total. The van der Waals surface area contributed by atoms with Crippen molar-refractivity contribution in [2.75, 3.05) is 5.32 Å². The van der Waals surface area contributed by atoms with Crippen LogP contribution in [0.15, 0.2) is 22.7 Å². The van der Waals surface area contributed by atoms with E-state index in [1.165, 1.54) is 0 Å². The molecule has 1 amide bonds. The van der Waals surface area contributed by atoms with Crippen LogP contribution >= 0.6 is 27.5 Å². The summed E-state index contributed by atoms with van der Waals surface area (Å²) in [6, 6.07) is 5.08. The minimum atomic E-state index is -0.900. The largest absolute Gasteiger partial charge is 0.481 e. The fourth-order valence-corrected chi connectivity index (χ4v) is 2.91. The van der Waals surface area contributed by atoms with Gasteiger partial charge in [0.15, 0.2) is 0 Å². The molecule has 1 aliphatic rings. The highest BCUT2D eigenvalue weighted by atomic mass is 79.9. The average molecular weight is 347 g/mol. The van der Waals surface area contributed by atoms with Crippen LogP contribution in [0.4, 0.5) is 5.69 Å². The maximum absolute atomic E-state index is 12.2. The van der Waals surface area contributed by atoms with Crippen molar-refractivity contribution in [2.24, 2.45) is 11.8 Å². The first-order valence-electron chi connectivity index (χ1n) is 5.98. The molecule has 0 saturated heterocycles. The van der Waals surface area contributed by atoms with E-state index in [1.54, 1.807) is 18.2 Å². The van der Waals surface area contributed by atoms with E-state index >= 15 is 0 Å². The zero-order chi connectivity index (χ0) is 14.0. The van der Waals surface area contributed by atoms with E-state index in [2.05, 4.69) is 21.2 Å². The van der Waals surface area contributed by atoms with E-state index in [4.69, 9.17) is 16.7 Å². The maximum Gasteiger partial charge on any atom is 0.307 e. The van der Waals surface area contributed by atoms with Gasteiger partial charge in [-0.15, -0.1) is 0 Å². The Bertz CT molecular complexity index is 521. The zero-order valence-electron chi connectivity index (χ0n) is 10.0. The first-order valence-corrected chi connectivity index (χ1v) is 7.15. The number of nitrogens with one attached hydrogen (secondary N) is 1. The highest BCUT2D eigenvalue weighted by Crippen LogP contribution is 2.34. The van der Waals surface area contributed by atoms with E-state index in [-0.39, 0.29) is 5.91 Å². The van der Waals surface area contributed by atoms with Crippen LogP contribution in [0, 0.1) is 11.8 Å². The second-order valence-corrected chi connectivity index (χ2v) is 5.89. The second kappa shape index (κ2) is 5.92. The van der Waals surface area contributed by atoms with Crippen molar-refractivity contribution >= 4 is 45.1 Å². The van der Waals surface area contributed by atoms with Gasteiger partial charge in [-0.2, -0.15) is 0 Å². The summed E-state index contributed by atoms with van der Waals surface area (Å²) in [7, 11) is 0. The number of aliphatic carboxylic acids is 1. The molecule has 0 unspecified atom stereocenters. The van der Waals surface area contributed by atoms with E-state index < -0.39 is 17.8 Å². The Labute approximate surface area is 124 Å². The highest BCUT2D eigenvalue weighted by molar-refractivity contribution is 9.10. The van der Waals surface area contributed by atoms with Crippen molar-refractivity contribution in [1.29, 1.82) is 0 Å². The third-order valence-electron chi connectivity index (χ3n) is 3.36. The van der Waals surface area contributed by atoms with Gasteiger partial charge in [0.1, 0.15) is 0 Å². The van der Waals surface area contributed by atoms with Crippen LogP contribution < -0.4 is 5.32 Å². The molecule has 2 atom stereocenters. The number of benzene rings is 1. The van der Waals surface area contributed by atoms with E-state index in [9.17, 15) is 9.59 Å². The van der Waals surface area contributed by atoms with Crippen molar-refractivity contribution in [2.45, 2.75) is 19.3 Å². The lowest BCUT2D eigenvalue weighted by Gasteiger charge is -2.16. The number of carbonyl (C=O) groups is 2. The molecule has 0 aromatic heterocycles. The molecule has 1 fully saturated rings. The Morgan fingerprint density at radius 1 is 1.32 bits per heavy atom. The lowest BCUT2D eigenvalue weighted by atomic mass is 9.95. The first-order chi connectivity index (χ1) is 8.99. The number of rotatable bonds is 3. The Morgan fingerprint density at radius 2 is 2.00 bits per heavy atom. The van der Waals surface area contributed by atoms with Gasteiger partial charge in [-0.05, 0) is 47.0 Å². The molecule has 1 aromatic carbocycles. The summed E-state index contributed by atoms with van der Waals surface area (Å²) >= 11 is 9.19. The topological polar surface area (TPSA) is 66.4 Å². The Morgan fingerprint density at radius 3 is 2.68 bits per heavy atom. The standard InChI is InChI=1S/C13H13BrClNO3/c14-10-5-4-7(15)6-11(10)16-12(17)8-2-1-3-9(8)13(18)19/h4-6,8-9H,1-3H2,(H,16,17)(H,18,19)/t8-,9+/m1/s1. The Kier molecular flexibility index (Phi) is 4.47. The molecular formula is C13H13BrClNO3. The molecule has 2 rings (SSSR count). The van der Waals surface area contributed by atoms with Gasteiger partial charge in [-0.25, -0.2) is 0 Å². The normalized spacial score (nSPS) is 22.2. The number of hydrogen-bond donors (Lipinski definition) is 2. The van der Waals surface area contributed by atoms with Crippen molar-refractivity contribution in [3.63, 3.8) is 0 Å². The SMILES string of the molecule is O=C(O)[C@H]1CCC[C@H]1C(=O)Nc1cc(Cl)ccc1Br. The van der Waals surface area contributed by atoms with Gasteiger partial charge < -0.3 is 10.4 Å². The Balaban J connectivity index is 2.12. The van der Waals surface area contributed by atoms with Crippen molar-refractivity contribution in [3.05, 3.63) is 27.7 Å². The third kappa shape index (κ3) is 3.28. The smallest absolute Gasteiger partial charge is 0.307 e. The third-order valence-corrected chi connectivity index (χ3v) is 4.28. The lowest BCUT2D eigenvalue weighted by Crippen LogP contribution is -2.30. The van der Waals surface area contributed by atoms with Crippen molar-refractivity contribution < 1.29 is 14.7 Å². The molecule has 2 N–H and O–H groups in total. The van der Waals surface area contributed by atoms with Gasteiger partial charge >= 0.3 is 5.97 Å². The van der Waals surface area contributed by atoms with E-state index in [0.29, 0.717) is 23.6 Å². The molecule has 6 heteroatoms. The van der Waals surface area contributed by atoms with Crippen molar-refractivity contribution in [1.82, 2.24) is 0 Å². The van der Waals surface area contributed by atoms with Gasteiger partial charge in [-0.1, -0.05) is 18.0 Å². The number of carboxylic acid groups (broad SMARTS) is 1. The molecule has 1 aliphatic carbocycles. The summed E-state index contributed by atoms with van der Waals surface area (Å²) in [5.74, 6) is -2.21. The van der Waals surface area contributed by atoms with Crippen LogP contribution in [0.1, 0.15) is 19.3 Å². The number of halogens is 2. The molecule has 0 heterocycles. The molecule has 1 saturated carbocycles. The quantitative estimate of drug-likeness (QED) is 0.879. The molecule has 0 radical (unpaired) electrons. The number of anilines is 1. The van der Waals surface area contributed by atoms with Gasteiger partial charge in [0, 0.05) is 9.50 Å². The zero-order valence-corrected chi connectivity index (χ0v) is 12.4. The molecule has 102 valence electrons. The highest BCUT2D eigenvalue weighted by Gasteiger charge is 2.37. The minimum absolute atomic E-state index is 0.257. The summed E-state index contributed by atoms with van der Waals surface area (Å²) in [4.78, 5) is 23.2. The van der Waals surface area contributed by atoms with Gasteiger partial charge in [0.25, 0.3) is 0 Å². The van der Waals surface area contributed by atoms with E-state index in [0.717, 1.165) is 10.9 Å². The molecule has 1 aromatic rings. The molecule has 0 spiro atoms. The Hall–Kier alpha value is -1.07. The van der Waals surface area contributed by atoms with Gasteiger partial charge in [0.2, 0.25) is 5.91 Å². The predicted molar refractivity (Wildman–Crippen MR) is 76.2 cm³/mol. The first kappa shape index (κ1) is 14.3. The summed E-state index contributed by atoms with van der Waals surface area (Å²) in [6.07, 6.45) is 1.94. The van der Waals surface area contributed by atoms with Crippen LogP contribution in [0.2, 0.25) is 5.02 Å². The number of carbonyl (C=O) groups excluding carboxylic acids is 1. The minimum Gasteiger partial charge on any atom is -0.481 e. The second-order valence-electron chi connectivity index (χ2n) is 4.60. The number of hydrogen-bond acceptors (Lipinski definition) is 2. The fourth-order valence-electron chi connectivity index (χ4n) is 2.39. The summed E-state index contributed by atoms with van der Waals surface area (Å²) in [5.41, 5.74) is 0.563. The molecule has 0 bridgehead atoms. The molecule has 19 heavy (non-hydrogen) atoms. The van der Waals surface area contributed by atoms with Gasteiger partial charge in [-0.3, -0.25) is 9.59 Å². The van der Waals surface area contributed by atoms with Gasteiger partial charge in [0.05, 0.1) is 17.5 Å². The monoisotopic (exact) mass is 345 g/mol. The van der Waals surface area contributed by atoms with Crippen LogP contribution in [0.25, 0.3) is 0 Å². The van der Waals surface area contributed by atoms with Crippen LogP contribution in [0.5, 0.6) is 0 Å². The van der Waals surface area contributed by atoms with Crippen molar-refractivity contribution in [3.8, 4) is 0 Å². The van der Waals surface area contributed by atoms with E-state index in [1.807, 2.05) is 0 Å². The molecule has 0 aliphatic heterocycles. The fraction of sp³-hybridized carbons (Fsp3) is 0.385. The number of carboxylic acids is 1.